The van der Waals surface area contributed by atoms with Crippen molar-refractivity contribution in [3.05, 3.63) is 23.0 Å². The van der Waals surface area contributed by atoms with Crippen molar-refractivity contribution in [1.29, 1.82) is 0 Å². The largest absolute Gasteiger partial charge is 0.479 e. The predicted molar refractivity (Wildman–Crippen MR) is 74.3 cm³/mol. The first-order valence-corrected chi connectivity index (χ1v) is 7.01. The molecule has 0 bridgehead atoms. The summed E-state index contributed by atoms with van der Waals surface area (Å²) >= 11 is 0. The third-order valence-corrected chi connectivity index (χ3v) is 3.56. The summed E-state index contributed by atoms with van der Waals surface area (Å²) in [5.74, 6) is -0.396. The molecule has 0 saturated carbocycles. The number of hydrogen-bond acceptors (Lipinski definition) is 4. The van der Waals surface area contributed by atoms with Gasteiger partial charge >= 0.3 is 5.97 Å². The van der Waals surface area contributed by atoms with E-state index in [9.17, 15) is 14.7 Å². The molecule has 20 heavy (non-hydrogen) atoms. The first-order chi connectivity index (χ1) is 9.54. The molecule has 0 spiro atoms. The van der Waals surface area contributed by atoms with Gasteiger partial charge in [-0.1, -0.05) is 19.4 Å². The molecule has 0 aliphatic carbocycles. The quantitative estimate of drug-likeness (QED) is 0.657. The minimum Gasteiger partial charge on any atom is -0.479 e. The molecule has 2 rings (SSSR count). The van der Waals surface area contributed by atoms with E-state index >= 15 is 0 Å². The van der Waals surface area contributed by atoms with Crippen LogP contribution in [0.1, 0.15) is 39.5 Å². The number of nitrogens with zero attached hydrogens (tertiary/aromatic N) is 1. The first-order valence-electron chi connectivity index (χ1n) is 7.01. The molecule has 3 N–H and O–H groups in total. The van der Waals surface area contributed by atoms with Gasteiger partial charge in [-0.15, -0.1) is 0 Å². The van der Waals surface area contributed by atoms with Crippen molar-refractivity contribution >= 4 is 11.9 Å². The van der Waals surface area contributed by atoms with Gasteiger partial charge in [0.2, 0.25) is 5.91 Å². The molecule has 0 aromatic rings. The van der Waals surface area contributed by atoms with Gasteiger partial charge in [-0.25, -0.2) is 10.2 Å². The zero-order valence-corrected chi connectivity index (χ0v) is 11.9. The van der Waals surface area contributed by atoms with Crippen LogP contribution in [0.4, 0.5) is 0 Å². The van der Waals surface area contributed by atoms with Gasteiger partial charge in [0, 0.05) is 13.0 Å². The van der Waals surface area contributed by atoms with Crippen molar-refractivity contribution in [1.82, 2.24) is 15.8 Å². The number of hydrogen-bond donors (Lipinski definition) is 3. The molecule has 0 aromatic carbocycles. The van der Waals surface area contributed by atoms with E-state index in [1.165, 1.54) is 0 Å². The van der Waals surface area contributed by atoms with E-state index in [-0.39, 0.29) is 5.91 Å². The molecule has 0 radical (unpaired) electrons. The van der Waals surface area contributed by atoms with Crippen LogP contribution >= 0.6 is 0 Å². The Morgan fingerprint density at radius 1 is 1.55 bits per heavy atom. The van der Waals surface area contributed by atoms with Crippen molar-refractivity contribution in [2.24, 2.45) is 0 Å². The second-order valence-electron chi connectivity index (χ2n) is 5.18. The SMILES string of the molecule is CCCCNN1C2=C(C=C(C)C1C(=O)O)CCC(=O)N2. The van der Waals surface area contributed by atoms with Crippen molar-refractivity contribution in [2.45, 2.75) is 45.6 Å². The monoisotopic (exact) mass is 279 g/mol. The lowest BCUT2D eigenvalue weighted by Gasteiger charge is -2.39. The number of allylic oxidation sites excluding steroid dienone is 2. The van der Waals surface area contributed by atoms with Crippen molar-refractivity contribution < 1.29 is 14.7 Å². The molecule has 0 fully saturated rings. The highest BCUT2D eigenvalue weighted by Crippen LogP contribution is 2.28. The summed E-state index contributed by atoms with van der Waals surface area (Å²) in [6, 6.07) is -0.774. The molecular weight excluding hydrogens is 258 g/mol. The molecule has 110 valence electrons. The molecule has 6 heteroatoms. The van der Waals surface area contributed by atoms with Crippen LogP contribution in [0, 0.1) is 0 Å². The molecule has 0 aromatic heterocycles. The lowest BCUT2D eigenvalue weighted by atomic mass is 9.95. The van der Waals surface area contributed by atoms with Crippen LogP contribution in [0.2, 0.25) is 0 Å². The number of carbonyl (C=O) groups is 2. The standard InChI is InChI=1S/C14H21N3O3/c1-3-4-7-15-17-12(14(19)20)9(2)8-10-5-6-11(18)16-13(10)17/h8,12,15H,3-7H2,1-2H3,(H,16,18)(H,19,20). The van der Waals surface area contributed by atoms with Crippen LogP contribution in [0.25, 0.3) is 0 Å². The van der Waals surface area contributed by atoms with E-state index in [4.69, 9.17) is 0 Å². The average Bonchev–Trinajstić information content (AvgIpc) is 2.39. The molecule has 2 aliphatic heterocycles. The maximum atomic E-state index is 11.6. The predicted octanol–water partition coefficient (Wildman–Crippen LogP) is 1.13. The Morgan fingerprint density at radius 3 is 2.95 bits per heavy atom. The van der Waals surface area contributed by atoms with Gasteiger partial charge in [0.1, 0.15) is 5.82 Å². The molecule has 1 unspecified atom stereocenters. The van der Waals surface area contributed by atoms with Crippen molar-refractivity contribution in [3.8, 4) is 0 Å². The topological polar surface area (TPSA) is 81.7 Å². The van der Waals surface area contributed by atoms with Gasteiger partial charge in [0.05, 0.1) is 0 Å². The summed E-state index contributed by atoms with van der Waals surface area (Å²) in [5.41, 5.74) is 4.91. The third kappa shape index (κ3) is 2.85. The number of rotatable bonds is 5. The number of hydrazine groups is 1. The minimum atomic E-state index is -0.922. The first kappa shape index (κ1) is 14.6. The molecule has 2 heterocycles. The molecular formula is C14H21N3O3. The van der Waals surface area contributed by atoms with E-state index in [0.29, 0.717) is 25.2 Å². The van der Waals surface area contributed by atoms with Gasteiger partial charge in [0.25, 0.3) is 0 Å². The molecule has 1 amide bonds. The highest BCUT2D eigenvalue weighted by Gasteiger charge is 2.35. The number of aliphatic carboxylic acids is 1. The lowest BCUT2D eigenvalue weighted by Crippen LogP contribution is -2.55. The second-order valence-corrected chi connectivity index (χ2v) is 5.18. The summed E-state index contributed by atoms with van der Waals surface area (Å²) in [7, 11) is 0. The van der Waals surface area contributed by atoms with Crippen LogP contribution in [0.3, 0.4) is 0 Å². The van der Waals surface area contributed by atoms with Gasteiger partial charge in [-0.2, -0.15) is 0 Å². The Hall–Kier alpha value is -1.82. The fraction of sp³-hybridized carbons (Fsp3) is 0.571. The van der Waals surface area contributed by atoms with E-state index in [0.717, 1.165) is 24.0 Å². The highest BCUT2D eigenvalue weighted by molar-refractivity contribution is 5.82. The maximum Gasteiger partial charge on any atom is 0.332 e. The fourth-order valence-corrected chi connectivity index (χ4v) is 2.54. The molecule has 2 aliphatic rings. The van der Waals surface area contributed by atoms with Crippen molar-refractivity contribution in [3.63, 3.8) is 0 Å². The Bertz CT molecular complexity index is 482. The number of carbonyl (C=O) groups excluding carboxylic acids is 1. The zero-order valence-electron chi connectivity index (χ0n) is 11.9. The Kier molecular flexibility index (Phi) is 4.44. The Labute approximate surface area is 118 Å². The van der Waals surface area contributed by atoms with E-state index < -0.39 is 12.0 Å². The van der Waals surface area contributed by atoms with Gasteiger partial charge in [0.15, 0.2) is 6.04 Å². The third-order valence-electron chi connectivity index (χ3n) is 3.56. The summed E-state index contributed by atoms with van der Waals surface area (Å²) in [6.45, 7) is 4.57. The van der Waals surface area contributed by atoms with Crippen LogP contribution in [-0.4, -0.2) is 34.6 Å². The van der Waals surface area contributed by atoms with Crippen LogP contribution < -0.4 is 10.7 Å². The number of nitrogens with one attached hydrogen (secondary N) is 2. The summed E-state index contributed by atoms with van der Waals surface area (Å²) < 4.78 is 0. The number of carboxylic acids is 1. The average molecular weight is 279 g/mol. The minimum absolute atomic E-state index is 0.0665. The molecule has 0 saturated heterocycles. The number of carboxylic acid groups (broad SMARTS) is 1. The summed E-state index contributed by atoms with van der Waals surface area (Å²) in [4.78, 5) is 23.1. The van der Waals surface area contributed by atoms with Gasteiger partial charge in [-0.3, -0.25) is 9.80 Å². The smallest absolute Gasteiger partial charge is 0.332 e. The molecule has 6 nitrogen and oxygen atoms in total. The van der Waals surface area contributed by atoms with Crippen LogP contribution in [0.5, 0.6) is 0 Å². The van der Waals surface area contributed by atoms with Crippen LogP contribution in [0.15, 0.2) is 23.0 Å². The van der Waals surface area contributed by atoms with Gasteiger partial charge in [-0.05, 0) is 30.9 Å². The zero-order chi connectivity index (χ0) is 14.7. The molecule has 1 atom stereocenters. The van der Waals surface area contributed by atoms with Crippen LogP contribution in [-0.2, 0) is 9.59 Å². The second kappa shape index (κ2) is 6.09. The normalized spacial score (nSPS) is 22.3. The highest BCUT2D eigenvalue weighted by atomic mass is 16.4. The van der Waals surface area contributed by atoms with E-state index in [2.05, 4.69) is 17.7 Å². The summed E-state index contributed by atoms with van der Waals surface area (Å²) in [5, 5.41) is 13.8. The van der Waals surface area contributed by atoms with Gasteiger partial charge < -0.3 is 10.4 Å². The maximum absolute atomic E-state index is 11.6. The van der Waals surface area contributed by atoms with E-state index in [1.54, 1.807) is 5.01 Å². The fourth-order valence-electron chi connectivity index (χ4n) is 2.54. The van der Waals surface area contributed by atoms with E-state index in [1.807, 2.05) is 13.0 Å². The Balaban J connectivity index is 2.28. The Morgan fingerprint density at radius 2 is 2.30 bits per heavy atom. The summed E-state index contributed by atoms with van der Waals surface area (Å²) in [6.07, 6.45) is 4.94. The van der Waals surface area contributed by atoms with Crippen molar-refractivity contribution in [2.75, 3.05) is 6.54 Å². The number of unbranched alkanes of at least 4 members (excludes halogenated alkanes) is 1. The lowest BCUT2D eigenvalue weighted by molar-refractivity contribution is -0.143. The number of amides is 1.